The van der Waals surface area contributed by atoms with Crippen molar-refractivity contribution in [3.05, 3.63) is 40.7 Å². The van der Waals surface area contributed by atoms with E-state index in [0.717, 1.165) is 0 Å². The summed E-state index contributed by atoms with van der Waals surface area (Å²) in [6.07, 6.45) is 1.58. The molecular formula is C11H9N3O3S. The van der Waals surface area contributed by atoms with Crippen molar-refractivity contribution in [2.75, 3.05) is 5.32 Å². The zero-order chi connectivity index (χ0) is 13.1. The fourth-order valence-corrected chi connectivity index (χ4v) is 1.88. The van der Waals surface area contributed by atoms with Crippen LogP contribution in [0.2, 0.25) is 0 Å². The Morgan fingerprint density at radius 2 is 2.17 bits per heavy atom. The fourth-order valence-electron chi connectivity index (χ4n) is 1.36. The molecule has 0 saturated carbocycles. The van der Waals surface area contributed by atoms with Crippen LogP contribution in [-0.4, -0.2) is 27.0 Å². The number of nitrogens with zero attached hydrogens (tertiary/aromatic N) is 2. The summed E-state index contributed by atoms with van der Waals surface area (Å²) in [6.45, 7) is 1.55. The molecule has 0 radical (unpaired) electrons. The standard InChI is InChI=1S/C11H9N3O3S/c1-6-7(10(16)17)2-3-8(13-6)9(15)14-11-12-4-5-18-11/h2-5H,1H3,(H,16,17)(H,12,14,15). The number of pyridine rings is 1. The van der Waals surface area contributed by atoms with Crippen molar-refractivity contribution in [1.82, 2.24) is 9.97 Å². The molecule has 18 heavy (non-hydrogen) atoms. The summed E-state index contributed by atoms with van der Waals surface area (Å²) in [4.78, 5) is 30.5. The Hall–Kier alpha value is -2.28. The summed E-state index contributed by atoms with van der Waals surface area (Å²) < 4.78 is 0. The van der Waals surface area contributed by atoms with Crippen molar-refractivity contribution in [3.63, 3.8) is 0 Å². The summed E-state index contributed by atoms with van der Waals surface area (Å²) in [6, 6.07) is 2.74. The van der Waals surface area contributed by atoms with Gasteiger partial charge in [0, 0.05) is 11.6 Å². The Labute approximate surface area is 106 Å². The van der Waals surface area contributed by atoms with Gasteiger partial charge in [-0.3, -0.25) is 10.1 Å². The number of carbonyl (C=O) groups is 2. The van der Waals surface area contributed by atoms with Crippen LogP contribution in [0.1, 0.15) is 26.5 Å². The van der Waals surface area contributed by atoms with E-state index in [1.165, 1.54) is 23.5 Å². The number of amides is 1. The predicted octanol–water partition coefficient (Wildman–Crippen LogP) is 1.80. The van der Waals surface area contributed by atoms with Crippen LogP contribution in [-0.2, 0) is 0 Å². The van der Waals surface area contributed by atoms with Gasteiger partial charge < -0.3 is 5.11 Å². The van der Waals surface area contributed by atoms with Gasteiger partial charge in [0.25, 0.3) is 5.91 Å². The van der Waals surface area contributed by atoms with Gasteiger partial charge in [-0.25, -0.2) is 14.8 Å². The summed E-state index contributed by atoms with van der Waals surface area (Å²) in [5.41, 5.74) is 0.544. The maximum absolute atomic E-state index is 11.8. The lowest BCUT2D eigenvalue weighted by Crippen LogP contribution is -2.15. The molecule has 92 valence electrons. The van der Waals surface area contributed by atoms with Crippen LogP contribution in [0.25, 0.3) is 0 Å². The molecule has 0 bridgehead atoms. The van der Waals surface area contributed by atoms with Gasteiger partial charge in [0.1, 0.15) is 5.69 Å². The molecule has 2 aromatic rings. The number of hydrogen-bond donors (Lipinski definition) is 2. The number of rotatable bonds is 3. The van der Waals surface area contributed by atoms with Crippen LogP contribution in [0.15, 0.2) is 23.7 Å². The normalized spacial score (nSPS) is 10.1. The fraction of sp³-hybridized carbons (Fsp3) is 0.0909. The van der Waals surface area contributed by atoms with Crippen molar-refractivity contribution < 1.29 is 14.7 Å². The summed E-state index contributed by atoms with van der Waals surface area (Å²) in [7, 11) is 0. The number of hydrogen-bond acceptors (Lipinski definition) is 5. The zero-order valence-electron chi connectivity index (χ0n) is 9.38. The number of aromatic carboxylic acids is 1. The highest BCUT2D eigenvalue weighted by Crippen LogP contribution is 2.13. The Bertz CT molecular complexity index is 596. The maximum Gasteiger partial charge on any atom is 0.337 e. The third-order valence-corrected chi connectivity index (χ3v) is 2.89. The van der Waals surface area contributed by atoms with Gasteiger partial charge in [0.05, 0.1) is 11.3 Å². The van der Waals surface area contributed by atoms with E-state index in [4.69, 9.17) is 5.11 Å². The van der Waals surface area contributed by atoms with Crippen LogP contribution in [0.3, 0.4) is 0 Å². The number of nitrogens with one attached hydrogen (secondary N) is 1. The van der Waals surface area contributed by atoms with Gasteiger partial charge in [0.2, 0.25) is 0 Å². The van der Waals surface area contributed by atoms with Crippen molar-refractivity contribution in [3.8, 4) is 0 Å². The lowest BCUT2D eigenvalue weighted by Gasteiger charge is -2.04. The van der Waals surface area contributed by atoms with Gasteiger partial charge in [-0.15, -0.1) is 11.3 Å². The highest BCUT2D eigenvalue weighted by Gasteiger charge is 2.13. The number of carbonyl (C=O) groups excluding carboxylic acids is 1. The number of anilines is 1. The molecular weight excluding hydrogens is 254 g/mol. The minimum absolute atomic E-state index is 0.0841. The van der Waals surface area contributed by atoms with Gasteiger partial charge in [-0.1, -0.05) is 0 Å². The van der Waals surface area contributed by atoms with Crippen LogP contribution in [0.5, 0.6) is 0 Å². The quantitative estimate of drug-likeness (QED) is 0.880. The Morgan fingerprint density at radius 3 is 2.72 bits per heavy atom. The number of carboxylic acid groups (broad SMARTS) is 1. The van der Waals surface area contributed by atoms with E-state index in [1.807, 2.05) is 0 Å². The topological polar surface area (TPSA) is 92.2 Å². The van der Waals surface area contributed by atoms with E-state index in [2.05, 4.69) is 15.3 Å². The largest absolute Gasteiger partial charge is 0.478 e. The maximum atomic E-state index is 11.8. The average Bonchev–Trinajstić information content (AvgIpc) is 2.81. The molecule has 2 heterocycles. The van der Waals surface area contributed by atoms with Gasteiger partial charge in [0.15, 0.2) is 5.13 Å². The lowest BCUT2D eigenvalue weighted by molar-refractivity contribution is 0.0695. The molecule has 0 aliphatic rings. The molecule has 0 fully saturated rings. The molecule has 0 spiro atoms. The molecule has 0 saturated heterocycles. The highest BCUT2D eigenvalue weighted by atomic mass is 32.1. The molecule has 0 aliphatic heterocycles. The van der Waals surface area contributed by atoms with Crippen LogP contribution >= 0.6 is 11.3 Å². The Balaban J connectivity index is 2.21. The van der Waals surface area contributed by atoms with E-state index in [0.29, 0.717) is 10.8 Å². The van der Waals surface area contributed by atoms with Crippen LogP contribution < -0.4 is 5.32 Å². The molecule has 0 atom stereocenters. The molecule has 0 unspecified atom stereocenters. The van der Waals surface area contributed by atoms with Crippen molar-refractivity contribution in [2.24, 2.45) is 0 Å². The number of aryl methyl sites for hydroxylation is 1. The second-order valence-electron chi connectivity index (χ2n) is 3.43. The Kier molecular flexibility index (Phi) is 3.33. The van der Waals surface area contributed by atoms with Gasteiger partial charge >= 0.3 is 5.97 Å². The van der Waals surface area contributed by atoms with Crippen molar-refractivity contribution in [2.45, 2.75) is 6.92 Å². The molecule has 1 amide bonds. The molecule has 6 nitrogen and oxygen atoms in total. The minimum atomic E-state index is -1.06. The Morgan fingerprint density at radius 1 is 1.39 bits per heavy atom. The smallest absolute Gasteiger partial charge is 0.337 e. The van der Waals surface area contributed by atoms with Gasteiger partial charge in [-0.2, -0.15) is 0 Å². The van der Waals surface area contributed by atoms with Crippen molar-refractivity contribution >= 4 is 28.3 Å². The first-order valence-electron chi connectivity index (χ1n) is 4.99. The van der Waals surface area contributed by atoms with Crippen molar-refractivity contribution in [1.29, 1.82) is 0 Å². The lowest BCUT2D eigenvalue weighted by atomic mass is 10.2. The molecule has 0 aromatic carbocycles. The van der Waals surface area contributed by atoms with E-state index in [1.54, 1.807) is 18.5 Å². The highest BCUT2D eigenvalue weighted by molar-refractivity contribution is 7.13. The molecule has 2 rings (SSSR count). The summed E-state index contributed by atoms with van der Waals surface area (Å²) in [5.74, 6) is -1.48. The second-order valence-corrected chi connectivity index (χ2v) is 4.32. The van der Waals surface area contributed by atoms with Crippen LogP contribution in [0.4, 0.5) is 5.13 Å². The van der Waals surface area contributed by atoms with E-state index in [9.17, 15) is 9.59 Å². The molecule has 2 aromatic heterocycles. The summed E-state index contributed by atoms with van der Waals surface area (Å²) >= 11 is 1.29. The molecule has 2 N–H and O–H groups in total. The average molecular weight is 263 g/mol. The van der Waals surface area contributed by atoms with E-state index >= 15 is 0 Å². The first kappa shape index (κ1) is 12.2. The van der Waals surface area contributed by atoms with Crippen LogP contribution in [0, 0.1) is 6.92 Å². The number of carboxylic acids is 1. The first-order valence-corrected chi connectivity index (χ1v) is 5.87. The minimum Gasteiger partial charge on any atom is -0.478 e. The number of thiazole rings is 1. The SMILES string of the molecule is Cc1nc(C(=O)Nc2nccs2)ccc1C(=O)O. The third kappa shape index (κ3) is 2.51. The number of aromatic nitrogens is 2. The zero-order valence-corrected chi connectivity index (χ0v) is 10.2. The summed E-state index contributed by atoms with van der Waals surface area (Å²) in [5, 5.41) is 13.6. The van der Waals surface area contributed by atoms with E-state index in [-0.39, 0.29) is 11.3 Å². The predicted molar refractivity (Wildman–Crippen MR) is 66.0 cm³/mol. The molecule has 0 aliphatic carbocycles. The monoisotopic (exact) mass is 263 g/mol. The van der Waals surface area contributed by atoms with Gasteiger partial charge in [-0.05, 0) is 19.1 Å². The third-order valence-electron chi connectivity index (χ3n) is 2.20. The van der Waals surface area contributed by atoms with E-state index < -0.39 is 11.9 Å². The first-order chi connectivity index (χ1) is 8.58. The molecule has 7 heteroatoms. The second kappa shape index (κ2) is 4.92.